The van der Waals surface area contributed by atoms with Crippen LogP contribution in [0.2, 0.25) is 0 Å². The van der Waals surface area contributed by atoms with Gasteiger partial charge >= 0.3 is 6.09 Å². The van der Waals surface area contributed by atoms with Crippen molar-refractivity contribution in [1.29, 1.82) is 0 Å². The van der Waals surface area contributed by atoms with Crippen LogP contribution in [-0.4, -0.2) is 36.8 Å². The largest absolute Gasteiger partial charge is 0.491 e. The molecule has 6 rings (SSSR count). The third kappa shape index (κ3) is 5.30. The molecule has 2 atom stereocenters. The lowest BCUT2D eigenvalue weighted by Crippen LogP contribution is -2.19. The molecule has 2 heterocycles. The number of aromatic nitrogens is 1. The second-order valence-electron chi connectivity index (χ2n) is 10.1. The van der Waals surface area contributed by atoms with Gasteiger partial charge in [0.05, 0.1) is 23.5 Å². The Labute approximate surface area is 227 Å². The van der Waals surface area contributed by atoms with Crippen LogP contribution in [0.3, 0.4) is 0 Å². The Hall–Kier alpha value is -4.01. The number of ether oxygens (including phenoxy) is 4. The van der Waals surface area contributed by atoms with Crippen LogP contribution in [0.4, 0.5) is 16.2 Å². The van der Waals surface area contributed by atoms with E-state index in [1.165, 1.54) is 6.42 Å². The third-order valence-electron chi connectivity index (χ3n) is 7.54. The number of hydrogen-bond donors (Lipinski definition) is 2. The summed E-state index contributed by atoms with van der Waals surface area (Å²) in [6, 6.07) is 23.9. The van der Waals surface area contributed by atoms with Crippen LogP contribution in [0.5, 0.6) is 5.75 Å². The topological polar surface area (TPSA) is 97.0 Å². The second-order valence-corrected chi connectivity index (χ2v) is 10.1. The van der Waals surface area contributed by atoms with E-state index < -0.39 is 6.09 Å². The first kappa shape index (κ1) is 25.3. The van der Waals surface area contributed by atoms with Gasteiger partial charge < -0.3 is 29.2 Å². The smallest absolute Gasteiger partial charge is 0.412 e. The van der Waals surface area contributed by atoms with Crippen LogP contribution in [0.1, 0.15) is 43.9 Å². The molecule has 1 saturated heterocycles. The Morgan fingerprint density at radius 1 is 1.10 bits per heavy atom. The molecule has 8 heteroatoms. The summed E-state index contributed by atoms with van der Waals surface area (Å²) in [7, 11) is 0. The van der Waals surface area contributed by atoms with Gasteiger partial charge in [-0.05, 0) is 62.1 Å². The van der Waals surface area contributed by atoms with Crippen LogP contribution >= 0.6 is 0 Å². The summed E-state index contributed by atoms with van der Waals surface area (Å²) in [4.78, 5) is 12.5. The molecule has 1 saturated carbocycles. The molecule has 0 radical (unpaired) electrons. The highest BCUT2D eigenvalue weighted by Gasteiger charge is 2.27. The van der Waals surface area contributed by atoms with E-state index in [-0.39, 0.29) is 12.2 Å². The second kappa shape index (κ2) is 11.0. The van der Waals surface area contributed by atoms with Crippen LogP contribution in [0.15, 0.2) is 72.8 Å². The minimum Gasteiger partial charge on any atom is -0.491 e. The average molecular weight is 528 g/mol. The molecular formula is C31H33N3O5. The Bertz CT molecular complexity index is 1440. The summed E-state index contributed by atoms with van der Waals surface area (Å²) in [5.41, 5.74) is 12.2. The summed E-state index contributed by atoms with van der Waals surface area (Å²) in [6.07, 6.45) is 2.55. The predicted octanol–water partition coefficient (Wildman–Crippen LogP) is 6.68. The fraction of sp³-hybridized carbons (Fsp3) is 0.323. The molecule has 1 amide bonds. The van der Waals surface area contributed by atoms with Crippen molar-refractivity contribution in [2.24, 2.45) is 0 Å². The van der Waals surface area contributed by atoms with E-state index in [4.69, 9.17) is 24.7 Å². The van der Waals surface area contributed by atoms with Gasteiger partial charge in [0.2, 0.25) is 0 Å². The fourth-order valence-electron chi connectivity index (χ4n) is 5.20. The van der Waals surface area contributed by atoms with Crippen LogP contribution in [0.25, 0.3) is 22.2 Å². The first-order valence-corrected chi connectivity index (χ1v) is 13.5. The molecule has 0 spiro atoms. The highest BCUT2D eigenvalue weighted by Crippen LogP contribution is 2.45. The zero-order valence-electron chi connectivity index (χ0n) is 22.0. The standard InChI is InChI=1S/C31H33N3O5/c1-20(21-6-3-2-4-7-21)39-31(35)33-23-12-10-22(11-13-23)30-29(32)27-16-25(37-18-26-17-36-19-38-26)14-15-28(27)34(30)24-8-5-9-24/h2-4,6-7,10-16,20,24,26H,5,8-9,17-19,32H2,1H3,(H,33,35)/t20-,26?/m1/s1. The van der Waals surface area contributed by atoms with E-state index in [0.29, 0.717) is 31.7 Å². The summed E-state index contributed by atoms with van der Waals surface area (Å²) < 4.78 is 24.7. The Morgan fingerprint density at radius 2 is 1.90 bits per heavy atom. The lowest BCUT2D eigenvalue weighted by molar-refractivity contribution is 0.0320. The summed E-state index contributed by atoms with van der Waals surface area (Å²) >= 11 is 0. The normalized spacial score (nSPS) is 18.0. The number of nitrogens with two attached hydrogens (primary N) is 1. The maximum atomic E-state index is 12.5. The number of benzene rings is 3. The van der Waals surface area contributed by atoms with E-state index in [1.807, 2.05) is 73.7 Å². The summed E-state index contributed by atoms with van der Waals surface area (Å²) in [5, 5.41) is 3.80. The Morgan fingerprint density at radius 3 is 2.59 bits per heavy atom. The van der Waals surface area contributed by atoms with Crippen molar-refractivity contribution in [3.63, 3.8) is 0 Å². The van der Waals surface area contributed by atoms with Crippen LogP contribution in [0, 0.1) is 0 Å². The first-order valence-electron chi connectivity index (χ1n) is 13.5. The molecule has 3 N–H and O–H groups in total. The summed E-state index contributed by atoms with van der Waals surface area (Å²) in [5.74, 6) is 0.754. The average Bonchev–Trinajstić information content (AvgIpc) is 3.54. The molecular weight excluding hydrogens is 494 g/mol. The van der Waals surface area contributed by atoms with Gasteiger partial charge in [-0.25, -0.2) is 4.79 Å². The number of hydrogen-bond acceptors (Lipinski definition) is 6. The highest BCUT2D eigenvalue weighted by atomic mass is 16.7. The minimum atomic E-state index is -0.496. The van der Waals surface area contributed by atoms with Crippen molar-refractivity contribution < 1.29 is 23.7 Å². The lowest BCUT2D eigenvalue weighted by Gasteiger charge is -2.30. The quantitative estimate of drug-likeness (QED) is 0.265. The van der Waals surface area contributed by atoms with Crippen LogP contribution in [-0.2, 0) is 14.2 Å². The fourth-order valence-corrected chi connectivity index (χ4v) is 5.20. The number of anilines is 2. The third-order valence-corrected chi connectivity index (χ3v) is 7.54. The molecule has 39 heavy (non-hydrogen) atoms. The number of nitrogens with zero attached hydrogens (tertiary/aromatic N) is 1. The lowest BCUT2D eigenvalue weighted by atomic mass is 9.92. The van der Waals surface area contributed by atoms with Gasteiger partial charge in [0.15, 0.2) is 0 Å². The molecule has 1 aliphatic heterocycles. The van der Waals surface area contributed by atoms with E-state index in [1.54, 1.807) is 0 Å². The maximum absolute atomic E-state index is 12.5. The van der Waals surface area contributed by atoms with Gasteiger partial charge in [-0.3, -0.25) is 5.32 Å². The van der Waals surface area contributed by atoms with Crippen molar-refractivity contribution in [1.82, 2.24) is 4.57 Å². The van der Waals surface area contributed by atoms with Crippen LogP contribution < -0.4 is 15.8 Å². The first-order chi connectivity index (χ1) is 19.1. The monoisotopic (exact) mass is 527 g/mol. The number of carbonyl (C=O) groups excluding carboxylic acids is 1. The number of nitrogen functional groups attached to an aromatic ring is 1. The van der Waals surface area contributed by atoms with Crippen molar-refractivity contribution in [2.45, 2.75) is 44.4 Å². The number of carbonyl (C=O) groups is 1. The molecule has 3 aromatic carbocycles. The maximum Gasteiger partial charge on any atom is 0.412 e. The number of fused-ring (bicyclic) bond motifs is 1. The number of rotatable bonds is 8. The molecule has 1 aliphatic carbocycles. The van der Waals surface area contributed by atoms with Gasteiger partial charge in [0.1, 0.15) is 31.4 Å². The highest BCUT2D eigenvalue weighted by molar-refractivity contribution is 6.02. The van der Waals surface area contributed by atoms with Crippen molar-refractivity contribution in [2.75, 3.05) is 31.1 Å². The van der Waals surface area contributed by atoms with E-state index in [0.717, 1.165) is 52.0 Å². The molecule has 4 aromatic rings. The molecule has 1 aromatic heterocycles. The zero-order valence-corrected chi connectivity index (χ0v) is 22.0. The van der Waals surface area contributed by atoms with Crippen molar-refractivity contribution in [3.05, 3.63) is 78.4 Å². The molecule has 0 bridgehead atoms. The van der Waals surface area contributed by atoms with E-state index in [2.05, 4.69) is 16.0 Å². The molecule has 1 unspecified atom stereocenters. The SMILES string of the molecule is C[C@@H](OC(=O)Nc1ccc(-c2c(N)c3cc(OCC4COCO4)ccc3n2C2CCC2)cc1)c1ccccc1. The van der Waals surface area contributed by atoms with Gasteiger partial charge in [0.25, 0.3) is 0 Å². The molecule has 202 valence electrons. The number of nitrogens with one attached hydrogen (secondary N) is 1. The van der Waals surface area contributed by atoms with Gasteiger partial charge in [0, 0.05) is 22.7 Å². The minimum absolute atomic E-state index is 0.0564. The van der Waals surface area contributed by atoms with Crippen molar-refractivity contribution >= 4 is 28.4 Å². The zero-order chi connectivity index (χ0) is 26.8. The van der Waals surface area contributed by atoms with Gasteiger partial charge in [-0.15, -0.1) is 0 Å². The van der Waals surface area contributed by atoms with E-state index >= 15 is 0 Å². The molecule has 2 aliphatic rings. The van der Waals surface area contributed by atoms with Gasteiger partial charge in [-0.1, -0.05) is 42.5 Å². The Balaban J connectivity index is 1.22. The van der Waals surface area contributed by atoms with Gasteiger partial charge in [-0.2, -0.15) is 0 Å². The number of amides is 1. The predicted molar refractivity (Wildman–Crippen MR) is 151 cm³/mol. The summed E-state index contributed by atoms with van der Waals surface area (Å²) in [6.45, 7) is 3.15. The molecule has 2 fully saturated rings. The van der Waals surface area contributed by atoms with Crippen molar-refractivity contribution in [3.8, 4) is 17.0 Å². The van der Waals surface area contributed by atoms with E-state index in [9.17, 15) is 4.79 Å². The Kier molecular flexibility index (Phi) is 7.13. The molecule has 8 nitrogen and oxygen atoms in total.